The minimum atomic E-state index is -4.95. The van der Waals surface area contributed by atoms with Crippen molar-refractivity contribution in [1.82, 2.24) is 0 Å². The second kappa shape index (κ2) is 5.16. The van der Waals surface area contributed by atoms with Crippen molar-refractivity contribution in [1.29, 1.82) is 0 Å². The van der Waals surface area contributed by atoms with Crippen molar-refractivity contribution in [2.45, 2.75) is 49.8 Å². The van der Waals surface area contributed by atoms with E-state index in [4.69, 9.17) is 4.74 Å². The zero-order valence-electron chi connectivity index (χ0n) is 12.3. The Labute approximate surface area is 123 Å². The van der Waals surface area contributed by atoms with Crippen LogP contribution in [0.15, 0.2) is 30.3 Å². The van der Waals surface area contributed by atoms with Crippen LogP contribution in [-0.2, 0) is 15.1 Å². The van der Waals surface area contributed by atoms with Crippen LogP contribution < -0.4 is 0 Å². The fourth-order valence-corrected chi connectivity index (χ4v) is 4.59. The molecule has 21 heavy (non-hydrogen) atoms. The van der Waals surface area contributed by atoms with Gasteiger partial charge in [-0.2, -0.15) is 13.2 Å². The standard InChI is InChI=1S/C15H19F3O2Si/c1-21(2,3)12-9-14(10-12,11-7-5-4-6-8-11)20-13(19)15(16,17)18/h4-8,12H,9-10H2,1-3H3. The number of halogens is 3. The number of esters is 1. The van der Waals surface area contributed by atoms with E-state index in [0.717, 1.165) is 0 Å². The molecule has 0 bridgehead atoms. The Balaban J connectivity index is 2.25. The monoisotopic (exact) mass is 316 g/mol. The number of carbonyl (C=O) groups excluding carboxylic acids is 1. The van der Waals surface area contributed by atoms with Gasteiger partial charge < -0.3 is 4.74 Å². The summed E-state index contributed by atoms with van der Waals surface area (Å²) < 4.78 is 42.5. The van der Waals surface area contributed by atoms with Gasteiger partial charge in [-0.25, -0.2) is 4.79 Å². The van der Waals surface area contributed by atoms with Gasteiger partial charge in [0.15, 0.2) is 0 Å². The lowest BCUT2D eigenvalue weighted by molar-refractivity contribution is -0.223. The summed E-state index contributed by atoms with van der Waals surface area (Å²) in [4.78, 5) is 11.3. The second-order valence-corrected chi connectivity index (χ2v) is 12.3. The molecule has 0 spiro atoms. The normalized spacial score (nSPS) is 26.1. The third-order valence-corrected chi connectivity index (χ3v) is 7.05. The van der Waals surface area contributed by atoms with E-state index in [1.807, 2.05) is 0 Å². The maximum atomic E-state index is 12.5. The number of hydrogen-bond donors (Lipinski definition) is 0. The van der Waals surface area contributed by atoms with Crippen LogP contribution in [0.3, 0.4) is 0 Å². The van der Waals surface area contributed by atoms with Crippen LogP contribution in [0.4, 0.5) is 13.2 Å². The molecule has 0 N–H and O–H groups in total. The lowest BCUT2D eigenvalue weighted by Crippen LogP contribution is -2.51. The molecule has 0 heterocycles. The predicted octanol–water partition coefficient (Wildman–Crippen LogP) is 4.49. The van der Waals surface area contributed by atoms with E-state index in [0.29, 0.717) is 23.9 Å². The highest BCUT2D eigenvalue weighted by Crippen LogP contribution is 2.56. The van der Waals surface area contributed by atoms with Crippen LogP contribution in [0, 0.1) is 0 Å². The summed E-state index contributed by atoms with van der Waals surface area (Å²) in [5, 5.41) is 0. The third-order valence-electron chi connectivity index (χ3n) is 4.20. The molecule has 1 fully saturated rings. The number of alkyl halides is 3. The first-order chi connectivity index (χ1) is 9.55. The summed E-state index contributed by atoms with van der Waals surface area (Å²) in [6, 6.07) is 8.74. The summed E-state index contributed by atoms with van der Waals surface area (Å²) in [5.41, 5.74) is -0.102. The van der Waals surface area contributed by atoms with E-state index in [1.54, 1.807) is 30.3 Å². The van der Waals surface area contributed by atoms with Gasteiger partial charge in [-0.3, -0.25) is 0 Å². The summed E-state index contributed by atoms with van der Waals surface area (Å²) in [5.74, 6) is -2.10. The molecule has 0 atom stereocenters. The van der Waals surface area contributed by atoms with Crippen molar-refractivity contribution in [2.75, 3.05) is 0 Å². The molecule has 0 aromatic heterocycles. The van der Waals surface area contributed by atoms with Crippen molar-refractivity contribution in [3.8, 4) is 0 Å². The topological polar surface area (TPSA) is 26.3 Å². The Morgan fingerprint density at radius 1 is 1.19 bits per heavy atom. The largest absolute Gasteiger partial charge is 0.490 e. The molecule has 6 heteroatoms. The highest BCUT2D eigenvalue weighted by atomic mass is 28.3. The molecule has 0 saturated heterocycles. The Kier molecular flexibility index (Phi) is 3.95. The maximum absolute atomic E-state index is 12.5. The minimum Gasteiger partial charge on any atom is -0.448 e. The van der Waals surface area contributed by atoms with Gasteiger partial charge in [0.05, 0.1) is 0 Å². The van der Waals surface area contributed by atoms with Crippen LogP contribution in [-0.4, -0.2) is 20.2 Å². The first-order valence-electron chi connectivity index (χ1n) is 6.90. The molecule has 0 aliphatic heterocycles. The number of benzene rings is 1. The molecule has 0 amide bonds. The van der Waals surface area contributed by atoms with Gasteiger partial charge in [0, 0.05) is 8.07 Å². The molecule has 2 rings (SSSR count). The van der Waals surface area contributed by atoms with E-state index >= 15 is 0 Å². The van der Waals surface area contributed by atoms with Crippen molar-refractivity contribution < 1.29 is 22.7 Å². The fraction of sp³-hybridized carbons (Fsp3) is 0.533. The van der Waals surface area contributed by atoms with Crippen molar-refractivity contribution >= 4 is 14.0 Å². The Morgan fingerprint density at radius 2 is 1.71 bits per heavy atom. The van der Waals surface area contributed by atoms with Crippen LogP contribution in [0.5, 0.6) is 0 Å². The molecule has 116 valence electrons. The first-order valence-corrected chi connectivity index (χ1v) is 10.5. The Bertz CT molecular complexity index is 514. The molecule has 1 aliphatic carbocycles. The first kappa shape index (κ1) is 16.1. The van der Waals surface area contributed by atoms with E-state index in [2.05, 4.69) is 19.6 Å². The quantitative estimate of drug-likeness (QED) is 0.606. The summed E-state index contributed by atoms with van der Waals surface area (Å²) in [7, 11) is -1.46. The molecule has 2 nitrogen and oxygen atoms in total. The van der Waals surface area contributed by atoms with E-state index < -0.39 is 25.8 Å². The van der Waals surface area contributed by atoms with Gasteiger partial charge in [-0.05, 0) is 23.9 Å². The predicted molar refractivity (Wildman–Crippen MR) is 76.6 cm³/mol. The second-order valence-electron chi connectivity index (χ2n) is 6.72. The number of carbonyl (C=O) groups is 1. The van der Waals surface area contributed by atoms with Crippen molar-refractivity contribution in [3.63, 3.8) is 0 Å². The average molecular weight is 316 g/mol. The molecule has 0 unspecified atom stereocenters. The number of hydrogen-bond acceptors (Lipinski definition) is 2. The summed E-state index contributed by atoms with van der Waals surface area (Å²) in [6.07, 6.45) is -3.99. The maximum Gasteiger partial charge on any atom is 0.490 e. The molecule has 1 saturated carbocycles. The SMILES string of the molecule is C[Si](C)(C)C1CC(OC(=O)C(F)(F)F)(c2ccccc2)C1. The van der Waals surface area contributed by atoms with Crippen molar-refractivity contribution in [2.24, 2.45) is 0 Å². The molecule has 1 aromatic rings. The number of ether oxygens (including phenoxy) is 1. The third kappa shape index (κ3) is 3.31. The molecular formula is C15H19F3O2Si. The molecule has 1 aromatic carbocycles. The van der Waals surface area contributed by atoms with Gasteiger partial charge in [-0.1, -0.05) is 50.0 Å². The van der Waals surface area contributed by atoms with E-state index in [-0.39, 0.29) is 0 Å². The van der Waals surface area contributed by atoms with Gasteiger partial charge in [0.25, 0.3) is 0 Å². The highest BCUT2D eigenvalue weighted by Gasteiger charge is 2.56. The zero-order chi connectivity index (χ0) is 15.9. The summed E-state index contributed by atoms with van der Waals surface area (Å²) >= 11 is 0. The Morgan fingerprint density at radius 3 is 2.14 bits per heavy atom. The van der Waals surface area contributed by atoms with E-state index in [9.17, 15) is 18.0 Å². The minimum absolute atomic E-state index is 0.360. The van der Waals surface area contributed by atoms with Crippen LogP contribution >= 0.6 is 0 Å². The van der Waals surface area contributed by atoms with Crippen LogP contribution in [0.2, 0.25) is 25.2 Å². The molecular weight excluding hydrogens is 297 g/mol. The van der Waals surface area contributed by atoms with Crippen LogP contribution in [0.25, 0.3) is 0 Å². The fourth-order valence-electron chi connectivity index (χ4n) is 2.70. The van der Waals surface area contributed by atoms with Crippen molar-refractivity contribution in [3.05, 3.63) is 35.9 Å². The molecule has 0 radical (unpaired) electrons. The summed E-state index contributed by atoms with van der Waals surface area (Å²) in [6.45, 7) is 6.54. The van der Waals surface area contributed by atoms with Gasteiger partial charge in [0.1, 0.15) is 5.60 Å². The zero-order valence-corrected chi connectivity index (χ0v) is 13.3. The lowest BCUT2D eigenvalue weighted by atomic mass is 9.74. The highest BCUT2D eigenvalue weighted by molar-refractivity contribution is 6.77. The molecule has 1 aliphatic rings. The number of rotatable bonds is 3. The Hall–Kier alpha value is -1.30. The van der Waals surface area contributed by atoms with Crippen LogP contribution in [0.1, 0.15) is 18.4 Å². The lowest BCUT2D eigenvalue weighted by Gasteiger charge is -2.51. The van der Waals surface area contributed by atoms with Gasteiger partial charge >= 0.3 is 12.1 Å². The van der Waals surface area contributed by atoms with Gasteiger partial charge in [0.2, 0.25) is 0 Å². The van der Waals surface area contributed by atoms with Gasteiger partial charge in [-0.15, -0.1) is 0 Å². The smallest absolute Gasteiger partial charge is 0.448 e. The average Bonchev–Trinajstić information content (AvgIpc) is 2.31. The van der Waals surface area contributed by atoms with E-state index in [1.165, 1.54) is 0 Å².